The van der Waals surface area contributed by atoms with Crippen LogP contribution in [-0.4, -0.2) is 26.1 Å². The Labute approximate surface area is 166 Å². The molecule has 4 rings (SSSR count). The van der Waals surface area contributed by atoms with Crippen molar-refractivity contribution in [3.63, 3.8) is 0 Å². The number of rotatable bonds is 5. The molecular weight excluding hydrogens is 370 g/mol. The maximum atomic E-state index is 12.5. The number of ether oxygens (including phenoxy) is 1. The van der Waals surface area contributed by atoms with Crippen molar-refractivity contribution in [1.82, 2.24) is 9.13 Å². The summed E-state index contributed by atoms with van der Waals surface area (Å²) in [5, 5.41) is 9.60. The zero-order valence-electron chi connectivity index (χ0n) is 15.2. The Morgan fingerprint density at radius 1 is 0.828 bits per heavy atom. The molecule has 4 aromatic rings. The summed E-state index contributed by atoms with van der Waals surface area (Å²) < 4.78 is 8.92. The molecule has 0 saturated heterocycles. The van der Waals surface area contributed by atoms with Crippen molar-refractivity contribution in [2.24, 2.45) is 5.73 Å². The molecule has 0 fully saturated rings. The third-order valence-electron chi connectivity index (χ3n) is 4.36. The third kappa shape index (κ3) is 3.89. The smallest absolute Gasteiger partial charge is 0.345 e. The summed E-state index contributed by atoms with van der Waals surface area (Å²) in [5.41, 5.74) is 7.49. The number of hydrogen-bond acceptors (Lipinski definition) is 4. The Kier molecular flexibility index (Phi) is 4.62. The van der Waals surface area contributed by atoms with Crippen LogP contribution in [0.4, 0.5) is 0 Å². The zero-order valence-corrected chi connectivity index (χ0v) is 15.2. The number of nitrogens with zero attached hydrogens (tertiary/aromatic N) is 2. The van der Waals surface area contributed by atoms with E-state index >= 15 is 0 Å². The Bertz CT molecular complexity index is 1210. The van der Waals surface area contributed by atoms with Crippen LogP contribution in [0.3, 0.4) is 0 Å². The highest BCUT2D eigenvalue weighted by atomic mass is 16.5. The maximum absolute atomic E-state index is 12.5. The van der Waals surface area contributed by atoms with Gasteiger partial charge in [0.05, 0.1) is 11.1 Å². The minimum Gasteiger partial charge on any atom is -0.508 e. The molecule has 2 heterocycles. The predicted molar refractivity (Wildman–Crippen MR) is 107 cm³/mol. The van der Waals surface area contributed by atoms with Gasteiger partial charge < -0.3 is 24.7 Å². The second-order valence-electron chi connectivity index (χ2n) is 6.39. The van der Waals surface area contributed by atoms with Gasteiger partial charge in [-0.05, 0) is 36.4 Å². The van der Waals surface area contributed by atoms with E-state index in [1.807, 2.05) is 12.1 Å². The van der Waals surface area contributed by atoms with Gasteiger partial charge in [-0.25, -0.2) is 4.79 Å². The van der Waals surface area contributed by atoms with Crippen molar-refractivity contribution in [3.05, 3.63) is 96.6 Å². The lowest BCUT2D eigenvalue weighted by Gasteiger charge is -2.07. The van der Waals surface area contributed by atoms with Gasteiger partial charge in [0.15, 0.2) is 0 Å². The highest BCUT2D eigenvalue weighted by molar-refractivity contribution is 5.92. The van der Waals surface area contributed by atoms with Gasteiger partial charge in [0, 0.05) is 48.3 Å². The topological polar surface area (TPSA) is 99.5 Å². The monoisotopic (exact) mass is 387 g/mol. The molecule has 0 aliphatic carbocycles. The number of primary amides is 1. The molecule has 0 aliphatic heterocycles. The van der Waals surface area contributed by atoms with Gasteiger partial charge in [-0.2, -0.15) is 0 Å². The molecule has 144 valence electrons. The quantitative estimate of drug-likeness (QED) is 0.405. The Morgan fingerprint density at radius 3 is 2.10 bits per heavy atom. The van der Waals surface area contributed by atoms with E-state index in [9.17, 15) is 14.7 Å². The summed E-state index contributed by atoms with van der Waals surface area (Å²) in [5.74, 6) is -0.512. The first-order chi connectivity index (χ1) is 14.0. The Morgan fingerprint density at radius 2 is 1.45 bits per heavy atom. The molecular formula is C22H17N3O4. The number of nitrogens with two attached hydrogens (primary N) is 1. The van der Waals surface area contributed by atoms with E-state index in [0.717, 1.165) is 11.4 Å². The fourth-order valence-electron chi connectivity index (χ4n) is 2.91. The molecule has 0 bridgehead atoms. The van der Waals surface area contributed by atoms with Crippen molar-refractivity contribution in [2.45, 2.75) is 0 Å². The number of aromatic hydroxyl groups is 1. The molecule has 29 heavy (non-hydrogen) atoms. The van der Waals surface area contributed by atoms with E-state index in [1.54, 1.807) is 82.5 Å². The third-order valence-corrected chi connectivity index (χ3v) is 4.36. The number of aromatic nitrogens is 2. The van der Waals surface area contributed by atoms with Crippen LogP contribution in [0, 0.1) is 0 Å². The number of esters is 1. The van der Waals surface area contributed by atoms with Crippen molar-refractivity contribution in [1.29, 1.82) is 0 Å². The van der Waals surface area contributed by atoms with Gasteiger partial charge >= 0.3 is 5.97 Å². The van der Waals surface area contributed by atoms with Crippen LogP contribution in [0.15, 0.2) is 85.5 Å². The lowest BCUT2D eigenvalue weighted by molar-refractivity contribution is 0.0734. The normalized spacial score (nSPS) is 10.6. The highest BCUT2D eigenvalue weighted by Gasteiger charge is 2.12. The maximum Gasteiger partial charge on any atom is 0.345 e. The van der Waals surface area contributed by atoms with Crippen LogP contribution >= 0.6 is 0 Å². The minimum atomic E-state index is -0.512. The summed E-state index contributed by atoms with van der Waals surface area (Å²) in [6, 6.07) is 16.9. The van der Waals surface area contributed by atoms with Gasteiger partial charge in [-0.3, -0.25) is 4.79 Å². The zero-order chi connectivity index (χ0) is 20.4. The summed E-state index contributed by atoms with van der Waals surface area (Å²) in [4.78, 5) is 23.8. The van der Waals surface area contributed by atoms with Crippen LogP contribution < -0.4 is 10.5 Å². The Balaban J connectivity index is 1.52. The molecule has 7 nitrogen and oxygen atoms in total. The minimum absolute atomic E-state index is 0.140. The van der Waals surface area contributed by atoms with Crippen molar-refractivity contribution in [3.8, 4) is 22.9 Å². The first kappa shape index (κ1) is 18.1. The van der Waals surface area contributed by atoms with E-state index in [1.165, 1.54) is 0 Å². The van der Waals surface area contributed by atoms with Gasteiger partial charge in [-0.15, -0.1) is 0 Å². The highest BCUT2D eigenvalue weighted by Crippen LogP contribution is 2.20. The first-order valence-electron chi connectivity index (χ1n) is 8.77. The van der Waals surface area contributed by atoms with Gasteiger partial charge in [0.25, 0.3) is 0 Å². The average Bonchev–Trinajstić information content (AvgIpc) is 3.38. The molecule has 0 unspecified atom stereocenters. The van der Waals surface area contributed by atoms with Gasteiger partial charge in [-0.1, -0.05) is 12.1 Å². The SMILES string of the molecule is NC(=O)c1ccn(-c2cccc(OC(=O)c3ccn(-c4cccc(O)c4)c3)c2)c1. The molecule has 2 aromatic heterocycles. The van der Waals surface area contributed by atoms with E-state index in [0.29, 0.717) is 16.9 Å². The molecule has 0 saturated carbocycles. The van der Waals surface area contributed by atoms with Crippen molar-refractivity contribution in [2.75, 3.05) is 0 Å². The average molecular weight is 387 g/mol. The first-order valence-corrected chi connectivity index (χ1v) is 8.77. The largest absolute Gasteiger partial charge is 0.508 e. The fraction of sp³-hybridized carbons (Fsp3) is 0. The predicted octanol–water partition coefficient (Wildman–Crippen LogP) is 3.29. The van der Waals surface area contributed by atoms with Crippen LogP contribution in [0.1, 0.15) is 20.7 Å². The van der Waals surface area contributed by atoms with E-state index in [4.69, 9.17) is 10.5 Å². The standard InChI is InChI=1S/C22H17N3O4/c23-21(27)15-7-9-24(13-15)18-4-2-6-20(12-18)29-22(28)16-8-10-25(14-16)17-3-1-5-19(26)11-17/h1-14,26H,(H2,23,27). The van der Waals surface area contributed by atoms with Crippen LogP contribution in [-0.2, 0) is 0 Å². The molecule has 2 aromatic carbocycles. The number of phenols is 1. The van der Waals surface area contributed by atoms with E-state index in [2.05, 4.69) is 0 Å². The number of carbonyl (C=O) groups excluding carboxylic acids is 2. The second kappa shape index (κ2) is 7.40. The molecule has 7 heteroatoms. The molecule has 0 atom stereocenters. The van der Waals surface area contributed by atoms with Crippen LogP contribution in [0.5, 0.6) is 11.5 Å². The Hall–Kier alpha value is -4.26. The van der Waals surface area contributed by atoms with Crippen molar-refractivity contribution >= 4 is 11.9 Å². The lowest BCUT2D eigenvalue weighted by Crippen LogP contribution is -2.09. The number of phenolic OH excluding ortho intramolecular Hbond substituents is 1. The van der Waals surface area contributed by atoms with Gasteiger partial charge in [0.1, 0.15) is 11.5 Å². The number of hydrogen-bond donors (Lipinski definition) is 2. The summed E-state index contributed by atoms with van der Waals surface area (Å²) in [6.07, 6.45) is 6.66. The van der Waals surface area contributed by atoms with Crippen LogP contribution in [0.2, 0.25) is 0 Å². The van der Waals surface area contributed by atoms with Crippen LogP contribution in [0.25, 0.3) is 11.4 Å². The molecule has 0 aliphatic rings. The molecule has 3 N–H and O–H groups in total. The van der Waals surface area contributed by atoms with Crippen molar-refractivity contribution < 1.29 is 19.4 Å². The van der Waals surface area contributed by atoms with E-state index < -0.39 is 11.9 Å². The number of carbonyl (C=O) groups is 2. The number of amides is 1. The number of benzene rings is 2. The second-order valence-corrected chi connectivity index (χ2v) is 6.39. The summed E-state index contributed by atoms with van der Waals surface area (Å²) in [7, 11) is 0. The van der Waals surface area contributed by atoms with E-state index in [-0.39, 0.29) is 5.75 Å². The lowest BCUT2D eigenvalue weighted by atomic mass is 10.3. The molecule has 0 radical (unpaired) electrons. The van der Waals surface area contributed by atoms with Gasteiger partial charge in [0.2, 0.25) is 5.91 Å². The summed E-state index contributed by atoms with van der Waals surface area (Å²) in [6.45, 7) is 0. The molecule has 0 spiro atoms. The summed E-state index contributed by atoms with van der Waals surface area (Å²) >= 11 is 0. The molecule has 1 amide bonds. The fourth-order valence-corrected chi connectivity index (χ4v) is 2.91.